The summed E-state index contributed by atoms with van der Waals surface area (Å²) in [6, 6.07) is 6.03. The number of para-hydroxylation sites is 1. The highest BCUT2D eigenvalue weighted by atomic mass is 79.9. The predicted octanol–water partition coefficient (Wildman–Crippen LogP) is 2.27. The Morgan fingerprint density at radius 3 is 2.95 bits per heavy atom. The van der Waals surface area contributed by atoms with Crippen LogP contribution in [0.4, 0.5) is 0 Å². The summed E-state index contributed by atoms with van der Waals surface area (Å²) < 4.78 is 8.68. The summed E-state index contributed by atoms with van der Waals surface area (Å²) >= 11 is 3.53. The molecule has 0 spiro atoms. The average molecular weight is 325 g/mol. The Morgan fingerprint density at radius 2 is 2.26 bits per heavy atom. The van der Waals surface area contributed by atoms with E-state index in [1.807, 2.05) is 23.7 Å². The fourth-order valence-electron chi connectivity index (χ4n) is 1.69. The van der Waals surface area contributed by atoms with Gasteiger partial charge in [0.25, 0.3) is 0 Å². The zero-order valence-corrected chi connectivity index (χ0v) is 12.6. The van der Waals surface area contributed by atoms with Gasteiger partial charge in [-0.3, -0.25) is 0 Å². The fraction of sp³-hybridized carbons (Fsp3) is 0.385. The summed E-state index contributed by atoms with van der Waals surface area (Å²) in [6.07, 6.45) is 1.66. The molecule has 0 saturated carbocycles. The Balaban J connectivity index is 2.12. The maximum atomic E-state index is 5.88. The van der Waals surface area contributed by atoms with Gasteiger partial charge in [-0.2, -0.15) is 0 Å². The minimum absolute atomic E-state index is 0.401. The highest BCUT2D eigenvalue weighted by molar-refractivity contribution is 9.10. The Morgan fingerprint density at radius 1 is 1.42 bits per heavy atom. The number of hydrogen-bond donors (Lipinski definition) is 1. The van der Waals surface area contributed by atoms with Crippen LogP contribution in [0, 0.1) is 0 Å². The molecule has 19 heavy (non-hydrogen) atoms. The number of aromatic nitrogens is 3. The van der Waals surface area contributed by atoms with E-state index in [1.54, 1.807) is 6.33 Å². The van der Waals surface area contributed by atoms with Gasteiger partial charge < -0.3 is 14.6 Å². The largest absolute Gasteiger partial charge is 0.484 e. The van der Waals surface area contributed by atoms with Crippen molar-refractivity contribution in [2.24, 2.45) is 7.05 Å². The van der Waals surface area contributed by atoms with Crippen LogP contribution in [0.5, 0.6) is 5.75 Å². The van der Waals surface area contributed by atoms with Gasteiger partial charge in [-0.15, -0.1) is 10.2 Å². The molecule has 0 fully saturated rings. The van der Waals surface area contributed by atoms with Gasteiger partial charge >= 0.3 is 0 Å². The van der Waals surface area contributed by atoms with E-state index in [0.717, 1.165) is 34.7 Å². The quantitative estimate of drug-likeness (QED) is 0.885. The number of aryl methyl sites for hydroxylation is 1. The van der Waals surface area contributed by atoms with Crippen molar-refractivity contribution in [3.63, 3.8) is 0 Å². The fourth-order valence-corrected chi connectivity index (χ4v) is 2.21. The van der Waals surface area contributed by atoms with E-state index < -0.39 is 0 Å². The van der Waals surface area contributed by atoms with Gasteiger partial charge in [-0.25, -0.2) is 0 Å². The Kier molecular flexibility index (Phi) is 4.93. The molecule has 1 heterocycles. The molecule has 0 radical (unpaired) electrons. The average Bonchev–Trinajstić information content (AvgIpc) is 2.81. The van der Waals surface area contributed by atoms with Crippen molar-refractivity contribution in [1.29, 1.82) is 0 Å². The van der Waals surface area contributed by atoms with Crippen LogP contribution in [-0.2, 0) is 20.2 Å². The van der Waals surface area contributed by atoms with E-state index in [4.69, 9.17) is 4.74 Å². The third-order valence-corrected chi connectivity index (χ3v) is 3.39. The van der Waals surface area contributed by atoms with Gasteiger partial charge in [0.1, 0.15) is 18.7 Å². The topological polar surface area (TPSA) is 52.0 Å². The highest BCUT2D eigenvalue weighted by Crippen LogP contribution is 2.29. The zero-order valence-electron chi connectivity index (χ0n) is 11.1. The molecule has 0 aliphatic heterocycles. The second kappa shape index (κ2) is 6.68. The van der Waals surface area contributed by atoms with Crippen molar-refractivity contribution >= 4 is 15.9 Å². The van der Waals surface area contributed by atoms with Gasteiger partial charge in [0.2, 0.25) is 0 Å². The number of nitrogens with zero attached hydrogens (tertiary/aromatic N) is 3. The van der Waals surface area contributed by atoms with Crippen LogP contribution in [0.1, 0.15) is 18.3 Å². The molecule has 6 heteroatoms. The molecule has 0 aliphatic carbocycles. The van der Waals surface area contributed by atoms with Crippen LogP contribution in [-0.4, -0.2) is 21.3 Å². The molecule has 2 aromatic rings. The lowest BCUT2D eigenvalue weighted by atomic mass is 10.2. The molecule has 0 bridgehead atoms. The van der Waals surface area contributed by atoms with Crippen LogP contribution in [0.25, 0.3) is 0 Å². The summed E-state index contributed by atoms with van der Waals surface area (Å²) in [5.41, 5.74) is 1.12. The summed E-state index contributed by atoms with van der Waals surface area (Å²) in [7, 11) is 1.90. The normalized spacial score (nSPS) is 10.7. The molecule has 0 aliphatic rings. The number of halogens is 1. The Labute approximate surface area is 121 Å². The molecule has 102 valence electrons. The van der Waals surface area contributed by atoms with Gasteiger partial charge in [-0.05, 0) is 28.5 Å². The van der Waals surface area contributed by atoms with Crippen molar-refractivity contribution < 1.29 is 4.74 Å². The van der Waals surface area contributed by atoms with Crippen molar-refractivity contribution in [3.8, 4) is 5.75 Å². The first kappa shape index (κ1) is 14.0. The second-order valence-corrected chi connectivity index (χ2v) is 5.01. The molecule has 1 N–H and O–H groups in total. The zero-order chi connectivity index (χ0) is 13.7. The van der Waals surface area contributed by atoms with E-state index in [2.05, 4.69) is 44.4 Å². The first-order valence-corrected chi connectivity index (χ1v) is 6.95. The molecular formula is C13H17BrN4O. The molecule has 0 amide bonds. The van der Waals surface area contributed by atoms with Crippen molar-refractivity contribution in [3.05, 3.63) is 40.4 Å². The molecule has 1 aromatic heterocycles. The predicted molar refractivity (Wildman–Crippen MR) is 76.9 cm³/mol. The number of rotatable bonds is 6. The number of hydrogen-bond acceptors (Lipinski definition) is 4. The van der Waals surface area contributed by atoms with Crippen LogP contribution < -0.4 is 10.1 Å². The lowest BCUT2D eigenvalue weighted by Crippen LogP contribution is -2.13. The van der Waals surface area contributed by atoms with Gasteiger partial charge in [-0.1, -0.05) is 19.1 Å². The second-order valence-electron chi connectivity index (χ2n) is 4.16. The first-order chi connectivity index (χ1) is 9.22. The lowest BCUT2D eigenvalue weighted by Gasteiger charge is -2.13. The number of ether oxygens (including phenoxy) is 1. The SMILES string of the molecule is CCNCc1cccc(Br)c1OCc1nncn1C. The highest BCUT2D eigenvalue weighted by Gasteiger charge is 2.09. The van der Waals surface area contributed by atoms with Crippen LogP contribution >= 0.6 is 15.9 Å². The third-order valence-electron chi connectivity index (χ3n) is 2.76. The Bertz CT molecular complexity index is 541. The van der Waals surface area contributed by atoms with Gasteiger partial charge in [0, 0.05) is 19.2 Å². The van der Waals surface area contributed by atoms with Gasteiger partial charge in [0.05, 0.1) is 4.47 Å². The third kappa shape index (κ3) is 3.54. The number of nitrogens with one attached hydrogen (secondary N) is 1. The first-order valence-electron chi connectivity index (χ1n) is 6.16. The smallest absolute Gasteiger partial charge is 0.170 e. The molecule has 1 aromatic carbocycles. The summed E-state index contributed by atoms with van der Waals surface area (Å²) in [5, 5.41) is 11.1. The summed E-state index contributed by atoms with van der Waals surface area (Å²) in [4.78, 5) is 0. The molecule has 0 atom stereocenters. The van der Waals surface area contributed by atoms with Crippen LogP contribution in [0.2, 0.25) is 0 Å². The minimum atomic E-state index is 0.401. The molecular weight excluding hydrogens is 308 g/mol. The van der Waals surface area contributed by atoms with Crippen molar-refractivity contribution in [2.45, 2.75) is 20.1 Å². The number of benzene rings is 1. The van der Waals surface area contributed by atoms with Crippen molar-refractivity contribution in [2.75, 3.05) is 6.54 Å². The van der Waals surface area contributed by atoms with E-state index in [9.17, 15) is 0 Å². The summed E-state index contributed by atoms with van der Waals surface area (Å²) in [5.74, 6) is 1.65. The molecule has 0 unspecified atom stereocenters. The standard InChI is InChI=1S/C13H17BrN4O/c1-3-15-7-10-5-4-6-11(14)13(10)19-8-12-17-16-9-18(12)2/h4-6,9,15H,3,7-8H2,1-2H3. The van der Waals surface area contributed by atoms with E-state index in [0.29, 0.717) is 6.61 Å². The van der Waals surface area contributed by atoms with E-state index in [-0.39, 0.29) is 0 Å². The Hall–Kier alpha value is -1.40. The minimum Gasteiger partial charge on any atom is -0.484 e. The molecule has 5 nitrogen and oxygen atoms in total. The van der Waals surface area contributed by atoms with Crippen molar-refractivity contribution in [1.82, 2.24) is 20.1 Å². The maximum Gasteiger partial charge on any atom is 0.170 e. The van der Waals surface area contributed by atoms with E-state index >= 15 is 0 Å². The van der Waals surface area contributed by atoms with E-state index in [1.165, 1.54) is 0 Å². The summed E-state index contributed by atoms with van der Waals surface area (Å²) in [6.45, 7) is 4.19. The molecule has 2 rings (SSSR count). The monoisotopic (exact) mass is 324 g/mol. The van der Waals surface area contributed by atoms with Crippen LogP contribution in [0.15, 0.2) is 29.0 Å². The maximum absolute atomic E-state index is 5.88. The van der Waals surface area contributed by atoms with Crippen LogP contribution in [0.3, 0.4) is 0 Å². The lowest BCUT2D eigenvalue weighted by molar-refractivity contribution is 0.286. The molecule has 0 saturated heterocycles. The van der Waals surface area contributed by atoms with Gasteiger partial charge in [0.15, 0.2) is 5.82 Å².